The molecular weight excluding hydrogens is 2770 g/mol. The smallest absolute Gasteiger partial charge is 0 e. The van der Waals surface area contributed by atoms with Crippen molar-refractivity contribution < 1.29 is 571 Å². The topological polar surface area (TPSA) is 0 Å². The Balaban J connectivity index is 0. The van der Waals surface area contributed by atoms with Crippen LogP contribution in [0.15, 0.2) is 0 Å². The van der Waals surface area contributed by atoms with Crippen LogP contribution in [0.2, 0.25) is 0 Å². The van der Waals surface area contributed by atoms with Crippen LogP contribution in [0, 0.1) is 0 Å². The molecule has 0 aromatic carbocycles. The van der Waals surface area contributed by atoms with Gasteiger partial charge in [-0.3, -0.25) is 0 Å². The Morgan fingerprint density at radius 3 is 0.0702 bits per heavy atom. The van der Waals surface area contributed by atoms with E-state index in [4.69, 9.17) is 0 Å². The normalized spacial score (nSPS) is 0. The van der Waals surface area contributed by atoms with Gasteiger partial charge in [0.05, 0.1) is 0 Å². The Labute approximate surface area is 1300 Å². The first-order valence-corrected chi connectivity index (χ1v) is 0. The molecule has 0 heterocycles. The molecule has 0 aromatic heterocycles. The number of hydrogen-bond acceptors (Lipinski definition) is 0. The molecule has 0 saturated carbocycles. The fraction of sp³-hybridized carbons (Fsp3) is 0. The monoisotopic (exact) mass is 2810 g/mol. The van der Waals surface area contributed by atoms with Crippen molar-refractivity contribution in [3.8, 4) is 0 Å². The Morgan fingerprint density at radius 1 is 0.0702 bits per heavy atom. The van der Waals surface area contributed by atoms with E-state index in [9.17, 15) is 0 Å². The summed E-state index contributed by atoms with van der Waals surface area (Å²) in [5.74, 6) is 0. The van der Waals surface area contributed by atoms with Crippen LogP contribution in [-0.2, 0) is 571 Å². The van der Waals surface area contributed by atoms with Crippen molar-refractivity contribution in [2.45, 2.75) is 0 Å². The maximum atomic E-state index is 0. The summed E-state index contributed by atoms with van der Waals surface area (Å²) in [6.45, 7) is 0. The van der Waals surface area contributed by atoms with Crippen LogP contribution < -0.4 is 0 Å². The maximum Gasteiger partial charge on any atom is 0.316 e. The second-order valence-corrected chi connectivity index (χ2v) is 0. The zero-order valence-corrected chi connectivity index (χ0v) is 46.9. The molecule has 0 saturated heterocycles. The molecule has 0 radical (unpaired) electrons. The summed E-state index contributed by atoms with van der Waals surface area (Å²) < 4.78 is 0. The second-order valence-electron chi connectivity index (χ2n) is 0. The van der Waals surface area contributed by atoms with Crippen molar-refractivity contribution in [2.75, 3.05) is 0 Å². The summed E-state index contributed by atoms with van der Waals surface area (Å²) in [6, 6.07) is 0. The largest absolute Gasteiger partial charge is 0.316 e. The van der Waals surface area contributed by atoms with E-state index in [2.05, 4.69) is 0 Å². The molecule has 0 aliphatic rings. The van der Waals surface area contributed by atoms with E-state index < -0.39 is 0 Å². The van der Waals surface area contributed by atoms with Crippen LogP contribution in [0.25, 0.3) is 0 Å². The molecule has 57 heteroatoms. The van der Waals surface area contributed by atoms with Gasteiger partial charge in [0, 0.05) is 571 Å². The van der Waals surface area contributed by atoms with Crippen molar-refractivity contribution in [2.24, 2.45) is 0 Å². The minimum absolute atomic E-state index is 0. The molecule has 0 unspecified atom stereocenters. The van der Waals surface area contributed by atoms with Crippen LogP contribution in [0.3, 0.4) is 0 Å². The van der Waals surface area contributed by atoms with Crippen LogP contribution in [0.5, 0.6) is 0 Å². The number of hydrogen-bond donors (Lipinski definition) is 0. The summed E-state index contributed by atoms with van der Waals surface area (Å²) in [5, 5.41) is 0. The quantitative estimate of drug-likeness (QED) is 0.212. The fourth-order valence-electron chi connectivity index (χ4n) is 0. The van der Waals surface area contributed by atoms with Gasteiger partial charge in [-0.05, 0) is 0 Å². The standard InChI is InChI=1S/17Ca.17Fe.6Mg.17Ni.46H. The van der Waals surface area contributed by atoms with Gasteiger partial charge in [-0.2, -0.15) is 0 Å². The Morgan fingerprint density at radius 2 is 0.0702 bits per heavy atom. The zero-order chi connectivity index (χ0) is 0. The minimum atomic E-state index is 0. The molecule has 0 aliphatic carbocycles. The van der Waals surface area contributed by atoms with Gasteiger partial charge < -0.3 is 0 Å². The molecule has 0 rings (SSSR count). The molecule has 0 aliphatic heterocycles. The Bertz CT molecular complexity index is 109. The predicted molar refractivity (Wildman–Crippen MR) is 197 cm³/mol. The summed E-state index contributed by atoms with van der Waals surface area (Å²) in [6.07, 6.45) is 0. The summed E-state index contributed by atoms with van der Waals surface area (Å²) in [4.78, 5) is 0. The molecule has 0 nitrogen and oxygen atoms in total. The predicted octanol–water partition coefficient (Wildman–Crippen LogP) is -21.2. The van der Waals surface area contributed by atoms with E-state index in [1.807, 2.05) is 0 Å². The maximum absolute atomic E-state index is 0. The van der Waals surface area contributed by atoms with E-state index in [1.165, 1.54) is 0 Å². The third kappa shape index (κ3) is 502. The van der Waals surface area contributed by atoms with Gasteiger partial charge in [-0.15, -0.1) is 0 Å². The molecule has 0 N–H and O–H groups in total. The van der Waals surface area contributed by atoms with Crippen LogP contribution in [0.4, 0.5) is 0 Å². The SMILES string of the molecule is [CaH2].[CaH2].[CaH2].[CaH2].[CaH2].[CaH2].[CaH2].[CaH2].[CaH2].[CaH2].[CaH2].[CaH2].[CaH2].[CaH2].[CaH2].[CaH2].[CaH2].[Fe].[Fe].[Fe].[Fe].[Fe].[Fe].[Fe].[Fe].[Fe].[Fe].[Fe].[Fe].[Fe].[Fe].[Fe].[Fe].[Fe].[MgH2].[MgH2].[MgH2].[MgH2].[MgH2].[MgH2].[Ni].[Ni].[Ni].[Ni].[Ni].[Ni].[Ni].[Ni].[Ni].[Ni].[Ni].[Ni].[Ni].[Ni].[Ni].[Ni].[Ni]. The first kappa shape index (κ1) is 528. The van der Waals surface area contributed by atoms with Gasteiger partial charge >= 0.3 is 780 Å². The molecule has 57 heavy (non-hydrogen) atoms. The Kier molecular flexibility index (Phi) is 4750. The van der Waals surface area contributed by atoms with Crippen molar-refractivity contribution in [1.82, 2.24) is 0 Å². The molecule has 0 aromatic rings. The third-order valence-corrected chi connectivity index (χ3v) is 0. The molecule has 398 valence electrons. The van der Waals surface area contributed by atoms with Gasteiger partial charge in [0.1, 0.15) is 0 Å². The molecule has 0 atom stereocenters. The zero-order valence-electron chi connectivity index (χ0n) is 11.4. The Hall–Kier alpha value is 43.2. The van der Waals surface area contributed by atoms with Crippen LogP contribution in [0.1, 0.15) is 0 Å². The second kappa shape index (κ2) is 512. The van der Waals surface area contributed by atoms with Gasteiger partial charge in [-0.1, -0.05) is 0 Å². The van der Waals surface area contributed by atoms with Crippen LogP contribution in [-0.4, -0.2) is 780 Å². The minimum Gasteiger partial charge on any atom is 0 e. The van der Waals surface area contributed by atoms with Crippen molar-refractivity contribution in [3.05, 3.63) is 0 Å². The van der Waals surface area contributed by atoms with Gasteiger partial charge in [-0.25, -0.2) is 0 Å². The van der Waals surface area contributed by atoms with Gasteiger partial charge in [0.15, 0.2) is 0 Å². The molecule has 0 spiro atoms. The third-order valence-electron chi connectivity index (χ3n) is 0. The van der Waals surface area contributed by atoms with Gasteiger partial charge in [0.2, 0.25) is 0 Å². The average Bonchev–Trinajstić information content (AvgIpc) is 0. The average molecular weight is 2820 g/mol. The van der Waals surface area contributed by atoms with Gasteiger partial charge in [0.25, 0.3) is 0 Å². The van der Waals surface area contributed by atoms with Crippen LogP contribution >= 0.6 is 0 Å². The number of rotatable bonds is 0. The fourth-order valence-corrected chi connectivity index (χ4v) is 0. The van der Waals surface area contributed by atoms with E-state index in [-0.39, 0.29) is 1350 Å². The van der Waals surface area contributed by atoms with Crippen molar-refractivity contribution >= 4 is 780 Å². The molecular formula is H46Ca17Fe17Mg6Ni17. The van der Waals surface area contributed by atoms with E-state index in [1.54, 1.807) is 0 Å². The summed E-state index contributed by atoms with van der Waals surface area (Å²) >= 11 is 0. The van der Waals surface area contributed by atoms with Crippen molar-refractivity contribution in [3.63, 3.8) is 0 Å². The van der Waals surface area contributed by atoms with E-state index in [0.717, 1.165) is 0 Å². The van der Waals surface area contributed by atoms with E-state index >= 15 is 0 Å². The first-order valence-electron chi connectivity index (χ1n) is 0. The van der Waals surface area contributed by atoms with Crippen molar-refractivity contribution in [1.29, 1.82) is 0 Å². The molecule has 0 amide bonds. The first-order chi connectivity index (χ1) is 0. The molecule has 0 fully saturated rings. The summed E-state index contributed by atoms with van der Waals surface area (Å²) in [7, 11) is 0. The summed E-state index contributed by atoms with van der Waals surface area (Å²) in [5.41, 5.74) is 0. The van der Waals surface area contributed by atoms with E-state index in [0.29, 0.717) is 0 Å². The molecule has 0 bridgehead atoms.